The summed E-state index contributed by atoms with van der Waals surface area (Å²) < 4.78 is 5.14. The number of methoxy groups -OCH3 is 1. The van der Waals surface area contributed by atoms with Crippen LogP contribution in [-0.2, 0) is 0 Å². The molecule has 3 rings (SSSR count). The molecule has 0 amide bonds. The molecule has 1 aromatic carbocycles. The van der Waals surface area contributed by atoms with Crippen molar-refractivity contribution < 1.29 is 9.53 Å². The SMILES string of the molecule is COc1ccc(C(=O)CN2CCCN3CCCC3C2)cc1. The Hall–Kier alpha value is -1.39. The van der Waals surface area contributed by atoms with Gasteiger partial charge in [-0.3, -0.25) is 14.6 Å². The first-order chi connectivity index (χ1) is 10.3. The van der Waals surface area contributed by atoms with Crippen LogP contribution in [0.15, 0.2) is 24.3 Å². The van der Waals surface area contributed by atoms with E-state index in [1.165, 1.54) is 32.4 Å². The summed E-state index contributed by atoms with van der Waals surface area (Å²) in [5.41, 5.74) is 0.781. The van der Waals surface area contributed by atoms with E-state index in [4.69, 9.17) is 4.74 Å². The van der Waals surface area contributed by atoms with E-state index in [9.17, 15) is 4.79 Å². The van der Waals surface area contributed by atoms with Crippen LogP contribution < -0.4 is 4.74 Å². The Bertz CT molecular complexity index is 486. The summed E-state index contributed by atoms with van der Waals surface area (Å²) in [5, 5.41) is 0. The lowest BCUT2D eigenvalue weighted by molar-refractivity contribution is 0.0925. The lowest BCUT2D eigenvalue weighted by Gasteiger charge is -2.25. The number of ketones is 1. The first-order valence-corrected chi connectivity index (χ1v) is 7.90. The van der Waals surface area contributed by atoms with Crippen molar-refractivity contribution in [3.63, 3.8) is 0 Å². The molecule has 0 N–H and O–H groups in total. The lowest BCUT2D eigenvalue weighted by Crippen LogP contribution is -2.38. The molecule has 2 saturated heterocycles. The van der Waals surface area contributed by atoms with Gasteiger partial charge in [-0.2, -0.15) is 0 Å². The molecule has 2 aliphatic heterocycles. The summed E-state index contributed by atoms with van der Waals surface area (Å²) in [4.78, 5) is 17.4. The van der Waals surface area contributed by atoms with Gasteiger partial charge in [0.05, 0.1) is 13.7 Å². The number of hydrogen-bond donors (Lipinski definition) is 0. The van der Waals surface area contributed by atoms with Gasteiger partial charge in [0.1, 0.15) is 5.75 Å². The van der Waals surface area contributed by atoms with Gasteiger partial charge < -0.3 is 4.74 Å². The third-order valence-corrected chi connectivity index (χ3v) is 4.67. The molecule has 21 heavy (non-hydrogen) atoms. The van der Waals surface area contributed by atoms with E-state index in [2.05, 4.69) is 9.80 Å². The Morgan fingerprint density at radius 2 is 1.95 bits per heavy atom. The van der Waals surface area contributed by atoms with Crippen LogP contribution in [0.25, 0.3) is 0 Å². The van der Waals surface area contributed by atoms with Gasteiger partial charge in [-0.1, -0.05) is 0 Å². The maximum absolute atomic E-state index is 12.4. The zero-order chi connectivity index (χ0) is 14.7. The fraction of sp³-hybridized carbons (Fsp3) is 0.588. The minimum Gasteiger partial charge on any atom is -0.497 e. The fourth-order valence-corrected chi connectivity index (χ4v) is 3.50. The highest BCUT2D eigenvalue weighted by molar-refractivity contribution is 5.97. The van der Waals surface area contributed by atoms with Crippen LogP contribution in [0.1, 0.15) is 29.6 Å². The number of benzene rings is 1. The first-order valence-electron chi connectivity index (χ1n) is 7.90. The van der Waals surface area contributed by atoms with Gasteiger partial charge >= 0.3 is 0 Å². The second kappa shape index (κ2) is 6.58. The van der Waals surface area contributed by atoms with E-state index >= 15 is 0 Å². The standard InChI is InChI=1S/C17H24N2O2/c1-21-16-7-5-14(6-8-16)17(20)13-18-9-3-11-19-10-2-4-15(19)12-18/h5-8,15H,2-4,9-13H2,1H3. The summed E-state index contributed by atoms with van der Waals surface area (Å²) in [6.45, 7) is 5.05. The Kier molecular flexibility index (Phi) is 4.56. The monoisotopic (exact) mass is 288 g/mol. The molecule has 0 aliphatic carbocycles. The van der Waals surface area contributed by atoms with Crippen molar-refractivity contribution in [2.75, 3.05) is 39.8 Å². The summed E-state index contributed by atoms with van der Waals surface area (Å²) in [6.07, 6.45) is 3.77. The van der Waals surface area contributed by atoms with Gasteiger partial charge in [0, 0.05) is 18.2 Å². The maximum Gasteiger partial charge on any atom is 0.176 e. The van der Waals surface area contributed by atoms with Crippen molar-refractivity contribution >= 4 is 5.78 Å². The summed E-state index contributed by atoms with van der Waals surface area (Å²) >= 11 is 0. The van der Waals surface area contributed by atoms with Crippen molar-refractivity contribution in [2.24, 2.45) is 0 Å². The Labute approximate surface area is 126 Å². The summed E-state index contributed by atoms with van der Waals surface area (Å²) in [7, 11) is 1.64. The molecule has 2 aliphatic rings. The highest BCUT2D eigenvalue weighted by Crippen LogP contribution is 2.21. The number of rotatable bonds is 4. The number of carbonyl (C=O) groups is 1. The van der Waals surface area contributed by atoms with Gasteiger partial charge in [-0.05, 0) is 63.2 Å². The van der Waals surface area contributed by atoms with Gasteiger partial charge in [0.25, 0.3) is 0 Å². The van der Waals surface area contributed by atoms with Crippen molar-refractivity contribution in [3.05, 3.63) is 29.8 Å². The van der Waals surface area contributed by atoms with E-state index < -0.39 is 0 Å². The molecule has 1 aromatic rings. The molecule has 4 heteroatoms. The number of carbonyl (C=O) groups excluding carboxylic acids is 1. The number of Topliss-reactive ketones (excluding diaryl/α,β-unsaturated/α-hetero) is 1. The molecule has 0 bridgehead atoms. The third-order valence-electron chi connectivity index (χ3n) is 4.67. The topological polar surface area (TPSA) is 32.8 Å². The highest BCUT2D eigenvalue weighted by Gasteiger charge is 2.29. The fourth-order valence-electron chi connectivity index (χ4n) is 3.50. The molecule has 2 heterocycles. The van der Waals surface area contributed by atoms with Crippen molar-refractivity contribution in [2.45, 2.75) is 25.3 Å². The quantitative estimate of drug-likeness (QED) is 0.794. The van der Waals surface area contributed by atoms with E-state index in [1.54, 1.807) is 7.11 Å². The minimum absolute atomic E-state index is 0.212. The molecule has 114 valence electrons. The van der Waals surface area contributed by atoms with Crippen LogP contribution in [0.2, 0.25) is 0 Å². The summed E-state index contributed by atoms with van der Waals surface area (Å²) in [5.74, 6) is 1.01. The molecule has 0 radical (unpaired) electrons. The number of fused-ring (bicyclic) bond motifs is 1. The lowest BCUT2D eigenvalue weighted by atomic mass is 10.1. The molecular weight excluding hydrogens is 264 g/mol. The average molecular weight is 288 g/mol. The van der Waals surface area contributed by atoms with Crippen LogP contribution in [0, 0.1) is 0 Å². The van der Waals surface area contributed by atoms with Crippen molar-refractivity contribution in [1.29, 1.82) is 0 Å². The first kappa shape index (κ1) is 14.5. The molecule has 1 atom stereocenters. The number of ether oxygens (including phenoxy) is 1. The molecule has 2 fully saturated rings. The number of nitrogens with zero attached hydrogens (tertiary/aromatic N) is 2. The van der Waals surface area contributed by atoms with Gasteiger partial charge in [0.15, 0.2) is 5.78 Å². The van der Waals surface area contributed by atoms with E-state index in [-0.39, 0.29) is 5.78 Å². The molecule has 1 unspecified atom stereocenters. The van der Waals surface area contributed by atoms with Gasteiger partial charge in [-0.15, -0.1) is 0 Å². The molecule has 0 saturated carbocycles. The Balaban J connectivity index is 1.60. The normalized spacial score (nSPS) is 23.6. The third kappa shape index (κ3) is 3.44. The van der Waals surface area contributed by atoms with Crippen LogP contribution in [-0.4, -0.2) is 61.5 Å². The van der Waals surface area contributed by atoms with E-state index in [1.807, 2.05) is 24.3 Å². The van der Waals surface area contributed by atoms with Crippen molar-refractivity contribution in [1.82, 2.24) is 9.80 Å². The second-order valence-corrected chi connectivity index (χ2v) is 6.07. The largest absolute Gasteiger partial charge is 0.497 e. The second-order valence-electron chi connectivity index (χ2n) is 6.07. The molecular formula is C17H24N2O2. The average Bonchev–Trinajstić information content (AvgIpc) is 2.86. The molecule has 0 spiro atoms. The van der Waals surface area contributed by atoms with Crippen LogP contribution in [0.4, 0.5) is 0 Å². The predicted octanol–water partition coefficient (Wildman–Crippen LogP) is 2.05. The highest BCUT2D eigenvalue weighted by atomic mass is 16.5. The van der Waals surface area contributed by atoms with Crippen LogP contribution >= 0.6 is 0 Å². The van der Waals surface area contributed by atoms with Gasteiger partial charge in [0.2, 0.25) is 0 Å². The Morgan fingerprint density at radius 1 is 1.19 bits per heavy atom. The maximum atomic E-state index is 12.4. The van der Waals surface area contributed by atoms with Crippen molar-refractivity contribution in [3.8, 4) is 5.75 Å². The van der Waals surface area contributed by atoms with E-state index in [0.717, 1.165) is 24.4 Å². The van der Waals surface area contributed by atoms with E-state index in [0.29, 0.717) is 12.6 Å². The number of hydrogen-bond acceptors (Lipinski definition) is 4. The van der Waals surface area contributed by atoms with Crippen LogP contribution in [0.5, 0.6) is 5.75 Å². The Morgan fingerprint density at radius 3 is 2.71 bits per heavy atom. The van der Waals surface area contributed by atoms with Crippen LogP contribution in [0.3, 0.4) is 0 Å². The zero-order valence-corrected chi connectivity index (χ0v) is 12.8. The smallest absolute Gasteiger partial charge is 0.176 e. The zero-order valence-electron chi connectivity index (χ0n) is 12.8. The molecule has 0 aromatic heterocycles. The molecule has 4 nitrogen and oxygen atoms in total. The summed E-state index contributed by atoms with van der Waals surface area (Å²) in [6, 6.07) is 8.10. The van der Waals surface area contributed by atoms with Gasteiger partial charge in [-0.25, -0.2) is 0 Å². The minimum atomic E-state index is 0.212. The predicted molar refractivity (Wildman–Crippen MR) is 83.0 cm³/mol.